The molecule has 6 heteroatoms. The average molecular weight is 438 g/mol. The van der Waals surface area contributed by atoms with Crippen LogP contribution in [0.4, 0.5) is 5.69 Å². The maximum absolute atomic E-state index is 12.5. The summed E-state index contributed by atoms with van der Waals surface area (Å²) in [5.41, 5.74) is 5.16. The molecule has 0 saturated heterocycles. The van der Waals surface area contributed by atoms with E-state index in [0.717, 1.165) is 33.7 Å². The van der Waals surface area contributed by atoms with Gasteiger partial charge in [0.05, 0.1) is 18.4 Å². The van der Waals surface area contributed by atoms with E-state index in [1.165, 1.54) is 0 Å². The van der Waals surface area contributed by atoms with Crippen molar-refractivity contribution in [1.29, 1.82) is 0 Å². The van der Waals surface area contributed by atoms with Gasteiger partial charge < -0.3 is 19.5 Å². The number of carbonyl (C=O) groups excluding carboxylic acids is 2. The zero-order valence-electron chi connectivity index (χ0n) is 19.4. The number of hydrogen-bond acceptors (Lipinski definition) is 6. The fourth-order valence-electron chi connectivity index (χ4n) is 3.85. The number of rotatable bonds is 9. The Labute approximate surface area is 189 Å². The molecule has 0 atom stereocenters. The van der Waals surface area contributed by atoms with Gasteiger partial charge in [-0.05, 0) is 58.2 Å². The quantitative estimate of drug-likeness (QED) is 0.323. The van der Waals surface area contributed by atoms with Crippen molar-refractivity contribution in [2.24, 2.45) is 0 Å². The number of anilines is 1. The van der Waals surface area contributed by atoms with Crippen LogP contribution in [0.1, 0.15) is 60.7 Å². The first-order valence-electron chi connectivity index (χ1n) is 10.9. The number of fused-ring (bicyclic) bond motifs is 1. The molecule has 2 aromatic carbocycles. The molecular weight excluding hydrogens is 406 g/mol. The molecule has 170 valence electrons. The second-order valence-electron chi connectivity index (χ2n) is 8.28. The van der Waals surface area contributed by atoms with E-state index in [2.05, 4.69) is 11.4 Å². The number of ether oxygens (including phenoxy) is 3. The van der Waals surface area contributed by atoms with Crippen LogP contribution in [0, 0.1) is 6.92 Å². The summed E-state index contributed by atoms with van der Waals surface area (Å²) in [5, 5.41) is 3.42. The molecule has 1 aliphatic rings. The molecule has 0 spiro atoms. The molecule has 0 bridgehead atoms. The van der Waals surface area contributed by atoms with Crippen LogP contribution in [-0.2, 0) is 22.6 Å². The van der Waals surface area contributed by atoms with Crippen molar-refractivity contribution < 1.29 is 23.8 Å². The molecule has 0 saturated carbocycles. The van der Waals surface area contributed by atoms with Gasteiger partial charge >= 0.3 is 11.9 Å². The van der Waals surface area contributed by atoms with Crippen molar-refractivity contribution >= 4 is 17.6 Å². The highest BCUT2D eigenvalue weighted by molar-refractivity contribution is 6.01. The minimum absolute atomic E-state index is 0.136. The summed E-state index contributed by atoms with van der Waals surface area (Å²) in [6, 6.07) is 9.20. The van der Waals surface area contributed by atoms with Crippen LogP contribution in [0.2, 0.25) is 0 Å². The van der Waals surface area contributed by atoms with Crippen LogP contribution < -0.4 is 14.8 Å². The Hall–Kier alpha value is -3.28. The highest BCUT2D eigenvalue weighted by Gasteiger charge is 2.32. The van der Waals surface area contributed by atoms with Gasteiger partial charge in [-0.1, -0.05) is 29.8 Å². The van der Waals surface area contributed by atoms with Crippen LogP contribution in [-0.4, -0.2) is 25.1 Å². The third kappa shape index (κ3) is 5.31. The number of esters is 2. The van der Waals surface area contributed by atoms with Crippen LogP contribution >= 0.6 is 0 Å². The first kappa shape index (κ1) is 23.4. The lowest BCUT2D eigenvalue weighted by Gasteiger charge is -2.22. The number of allylic oxidation sites excluding steroid dienone is 2. The van der Waals surface area contributed by atoms with E-state index in [1.54, 1.807) is 19.2 Å². The van der Waals surface area contributed by atoms with Gasteiger partial charge in [0.1, 0.15) is 18.1 Å². The molecule has 0 aromatic heterocycles. The Morgan fingerprint density at radius 1 is 1.22 bits per heavy atom. The van der Waals surface area contributed by atoms with Gasteiger partial charge in [-0.15, -0.1) is 0 Å². The topological polar surface area (TPSA) is 73.9 Å². The van der Waals surface area contributed by atoms with Crippen molar-refractivity contribution in [2.45, 2.75) is 59.6 Å². The van der Waals surface area contributed by atoms with Crippen molar-refractivity contribution in [1.82, 2.24) is 0 Å². The third-order valence-electron chi connectivity index (χ3n) is 5.46. The lowest BCUT2D eigenvalue weighted by atomic mass is 9.93. The second kappa shape index (κ2) is 10.4. The summed E-state index contributed by atoms with van der Waals surface area (Å²) < 4.78 is 16.4. The predicted molar refractivity (Wildman–Crippen MR) is 124 cm³/mol. The molecule has 3 rings (SSSR count). The first-order chi connectivity index (χ1) is 15.3. The molecule has 1 aliphatic heterocycles. The minimum atomic E-state index is -0.306. The van der Waals surface area contributed by atoms with Crippen molar-refractivity contribution in [3.8, 4) is 11.5 Å². The zero-order chi connectivity index (χ0) is 23.3. The fraction of sp³-hybridized carbons (Fsp3) is 0.385. The number of benzene rings is 2. The number of methoxy groups -OCH3 is 1. The summed E-state index contributed by atoms with van der Waals surface area (Å²) in [4.78, 5) is 24.6. The largest absolute Gasteiger partial charge is 0.496 e. The number of carbonyl (C=O) groups is 2. The average Bonchev–Trinajstić information content (AvgIpc) is 3.15. The number of cyclic esters (lactones) is 1. The van der Waals surface area contributed by atoms with Crippen LogP contribution in [0.3, 0.4) is 0 Å². The summed E-state index contributed by atoms with van der Waals surface area (Å²) in [7, 11) is 1.64. The van der Waals surface area contributed by atoms with E-state index in [0.29, 0.717) is 30.6 Å². The highest BCUT2D eigenvalue weighted by Crippen LogP contribution is 2.41. The Balaban J connectivity index is 1.79. The standard InChI is InChI=1S/C26H31NO5/c1-16(2)27-24-20(25(30-5)18(4)21-15-31-26(29)23(21)24)13-11-17(3)12-14-22(28)32-19-9-7-6-8-10-19/h6-11,16,27H,12-15H2,1-5H3/b17-11+. The van der Waals surface area contributed by atoms with Gasteiger partial charge in [-0.25, -0.2) is 4.79 Å². The van der Waals surface area contributed by atoms with Crippen molar-refractivity contribution in [3.63, 3.8) is 0 Å². The molecule has 1 heterocycles. The number of nitrogens with one attached hydrogen (secondary N) is 1. The number of para-hydroxylation sites is 1. The molecule has 6 nitrogen and oxygen atoms in total. The molecular formula is C26H31NO5. The predicted octanol–water partition coefficient (Wildman–Crippen LogP) is 5.37. The van der Waals surface area contributed by atoms with Gasteiger partial charge in [-0.3, -0.25) is 4.79 Å². The highest BCUT2D eigenvalue weighted by atomic mass is 16.5. The monoisotopic (exact) mass is 437 g/mol. The minimum Gasteiger partial charge on any atom is -0.496 e. The van der Waals surface area contributed by atoms with Crippen LogP contribution in [0.15, 0.2) is 42.0 Å². The van der Waals surface area contributed by atoms with Gasteiger partial charge in [0.15, 0.2) is 0 Å². The normalized spacial score (nSPS) is 13.1. The molecule has 0 amide bonds. The molecule has 0 unspecified atom stereocenters. The zero-order valence-corrected chi connectivity index (χ0v) is 19.4. The van der Waals surface area contributed by atoms with Gasteiger partial charge in [-0.2, -0.15) is 0 Å². The van der Waals surface area contributed by atoms with E-state index < -0.39 is 0 Å². The Bertz CT molecular complexity index is 1020. The van der Waals surface area contributed by atoms with Crippen LogP contribution in [0.5, 0.6) is 11.5 Å². The van der Waals surface area contributed by atoms with Crippen molar-refractivity contribution in [3.05, 3.63) is 64.2 Å². The molecule has 0 fully saturated rings. The summed E-state index contributed by atoms with van der Waals surface area (Å²) in [5.74, 6) is 0.742. The van der Waals surface area contributed by atoms with E-state index in [1.807, 2.05) is 45.9 Å². The Kier molecular flexibility index (Phi) is 7.57. The second-order valence-corrected chi connectivity index (χ2v) is 8.28. The molecule has 1 N–H and O–H groups in total. The lowest BCUT2D eigenvalue weighted by molar-refractivity contribution is -0.134. The number of hydrogen-bond donors (Lipinski definition) is 1. The van der Waals surface area contributed by atoms with Gasteiger partial charge in [0.2, 0.25) is 0 Å². The maximum Gasteiger partial charge on any atom is 0.341 e. The lowest BCUT2D eigenvalue weighted by Crippen LogP contribution is -2.16. The SMILES string of the molecule is COc1c(C)c2c(c(NC(C)C)c1C/C=C(\C)CCC(=O)Oc1ccccc1)C(=O)OC2. The van der Waals surface area contributed by atoms with E-state index in [4.69, 9.17) is 14.2 Å². The van der Waals surface area contributed by atoms with E-state index in [-0.39, 0.29) is 24.6 Å². The fourth-order valence-corrected chi connectivity index (χ4v) is 3.85. The molecule has 32 heavy (non-hydrogen) atoms. The summed E-state index contributed by atoms with van der Waals surface area (Å²) >= 11 is 0. The van der Waals surface area contributed by atoms with Crippen LogP contribution in [0.25, 0.3) is 0 Å². The van der Waals surface area contributed by atoms with Crippen molar-refractivity contribution in [2.75, 3.05) is 12.4 Å². The Morgan fingerprint density at radius 3 is 2.59 bits per heavy atom. The molecule has 2 aromatic rings. The van der Waals surface area contributed by atoms with Gasteiger partial charge in [0, 0.05) is 23.6 Å². The first-order valence-corrected chi connectivity index (χ1v) is 10.9. The maximum atomic E-state index is 12.5. The van der Waals surface area contributed by atoms with E-state index in [9.17, 15) is 9.59 Å². The molecule has 0 aliphatic carbocycles. The summed E-state index contributed by atoms with van der Waals surface area (Å²) in [6.07, 6.45) is 3.53. The van der Waals surface area contributed by atoms with E-state index >= 15 is 0 Å². The smallest absolute Gasteiger partial charge is 0.341 e. The van der Waals surface area contributed by atoms with Gasteiger partial charge in [0.25, 0.3) is 0 Å². The molecule has 0 radical (unpaired) electrons. The third-order valence-corrected chi connectivity index (χ3v) is 5.46. The summed E-state index contributed by atoms with van der Waals surface area (Å²) in [6.45, 7) is 8.27. The Morgan fingerprint density at radius 2 is 1.94 bits per heavy atom.